The van der Waals surface area contributed by atoms with Gasteiger partial charge in [-0.05, 0) is 26.0 Å². The molecule has 3 rings (SSSR count). The second-order valence-electron chi connectivity index (χ2n) is 7.39. The minimum Gasteiger partial charge on any atom is -0.404 e. The van der Waals surface area contributed by atoms with Gasteiger partial charge in [0.2, 0.25) is 0 Å². The van der Waals surface area contributed by atoms with E-state index in [0.29, 0.717) is 40.1 Å². The summed E-state index contributed by atoms with van der Waals surface area (Å²) in [6.45, 7) is 8.53. The second kappa shape index (κ2) is 10.1. The van der Waals surface area contributed by atoms with Gasteiger partial charge in [0.1, 0.15) is 5.52 Å². The summed E-state index contributed by atoms with van der Waals surface area (Å²) in [6.07, 6.45) is 4.07. The van der Waals surface area contributed by atoms with Gasteiger partial charge < -0.3 is 26.5 Å². The van der Waals surface area contributed by atoms with Crippen LogP contribution in [0.1, 0.15) is 29.9 Å². The number of anilines is 1. The van der Waals surface area contributed by atoms with Gasteiger partial charge in [0, 0.05) is 56.4 Å². The van der Waals surface area contributed by atoms with Crippen LogP contribution in [0.4, 0.5) is 5.69 Å². The highest BCUT2D eigenvalue weighted by molar-refractivity contribution is 6.09. The lowest BCUT2D eigenvalue weighted by atomic mass is 10.1. The fourth-order valence-electron chi connectivity index (χ4n) is 3.29. The Morgan fingerprint density at radius 2 is 2.13 bits per heavy atom. The molecule has 30 heavy (non-hydrogen) atoms. The van der Waals surface area contributed by atoms with Crippen molar-refractivity contribution in [1.29, 1.82) is 5.41 Å². The minimum atomic E-state index is -0.199. The van der Waals surface area contributed by atoms with Gasteiger partial charge in [-0.3, -0.25) is 14.7 Å². The highest BCUT2D eigenvalue weighted by Crippen LogP contribution is 2.26. The van der Waals surface area contributed by atoms with Gasteiger partial charge in [0.25, 0.3) is 5.91 Å². The first-order valence-corrected chi connectivity index (χ1v) is 10.1. The van der Waals surface area contributed by atoms with Gasteiger partial charge >= 0.3 is 0 Å². The smallest absolute Gasteiger partial charge is 0.255 e. The zero-order valence-electron chi connectivity index (χ0n) is 17.4. The lowest BCUT2D eigenvalue weighted by Crippen LogP contribution is -2.41. The molecule has 1 fully saturated rings. The van der Waals surface area contributed by atoms with Crippen LogP contribution in [0.5, 0.6) is 0 Å². The van der Waals surface area contributed by atoms with Crippen molar-refractivity contribution in [3.05, 3.63) is 35.8 Å². The molecule has 1 aliphatic heterocycles. The number of carbonyl (C=O) groups is 1. The van der Waals surface area contributed by atoms with Crippen LogP contribution in [-0.4, -0.2) is 72.4 Å². The molecule has 1 saturated heterocycles. The van der Waals surface area contributed by atoms with Crippen molar-refractivity contribution in [2.45, 2.75) is 19.9 Å². The number of amides is 1. The van der Waals surface area contributed by atoms with Crippen LogP contribution in [0.2, 0.25) is 0 Å². The molecule has 0 aromatic carbocycles. The molecular formula is C21H29N7O2. The van der Waals surface area contributed by atoms with Crippen LogP contribution in [0, 0.1) is 5.41 Å². The average Bonchev–Trinajstić information content (AvgIpc) is 2.75. The summed E-state index contributed by atoms with van der Waals surface area (Å²) in [5.41, 5.74) is 8.96. The Hall–Kier alpha value is -3.04. The summed E-state index contributed by atoms with van der Waals surface area (Å²) in [6, 6.07) is 3.67. The van der Waals surface area contributed by atoms with Crippen molar-refractivity contribution >= 4 is 34.4 Å². The highest BCUT2D eigenvalue weighted by atomic mass is 16.5. The Morgan fingerprint density at radius 3 is 2.80 bits per heavy atom. The van der Waals surface area contributed by atoms with Gasteiger partial charge in [0.15, 0.2) is 0 Å². The van der Waals surface area contributed by atoms with Gasteiger partial charge in [-0.2, -0.15) is 0 Å². The summed E-state index contributed by atoms with van der Waals surface area (Å²) >= 11 is 0. The maximum atomic E-state index is 12.9. The number of hydrogen-bond donors (Lipinski definition) is 4. The molecule has 0 radical (unpaired) electrons. The normalized spacial score (nSPS) is 15.4. The lowest BCUT2D eigenvalue weighted by Gasteiger charge is -2.26. The zero-order valence-corrected chi connectivity index (χ0v) is 17.4. The minimum absolute atomic E-state index is 0.0909. The Balaban J connectivity index is 1.88. The number of pyridine rings is 2. The molecule has 0 spiro atoms. The van der Waals surface area contributed by atoms with Crippen molar-refractivity contribution in [2.75, 3.05) is 44.7 Å². The van der Waals surface area contributed by atoms with E-state index in [9.17, 15) is 4.79 Å². The van der Waals surface area contributed by atoms with E-state index in [1.807, 2.05) is 19.9 Å². The molecule has 1 aliphatic rings. The third-order valence-corrected chi connectivity index (χ3v) is 4.84. The lowest BCUT2D eigenvalue weighted by molar-refractivity contribution is 0.0383. The molecule has 1 amide bonds. The summed E-state index contributed by atoms with van der Waals surface area (Å²) in [5, 5.41) is 13.9. The van der Waals surface area contributed by atoms with E-state index in [-0.39, 0.29) is 11.9 Å². The standard InChI is InChI=1S/C21H29N7O2/c1-14(2)26-19-16(21(29)24-5-6-28-7-9-30-10-8-28)13-25-18-4-3-17(27-20(18)19)15(11-22)12-23/h3-4,11-14,22H,5-10,23H2,1-2H3,(H,24,29)(H,25,26)/b15-12+,22-11?. The molecular weight excluding hydrogens is 382 g/mol. The number of hydrogen-bond acceptors (Lipinski definition) is 8. The molecule has 0 saturated carbocycles. The number of rotatable bonds is 8. The molecule has 0 atom stereocenters. The van der Waals surface area contributed by atoms with E-state index in [2.05, 4.69) is 25.5 Å². The van der Waals surface area contributed by atoms with Gasteiger partial charge in [-0.1, -0.05) is 0 Å². The monoisotopic (exact) mass is 411 g/mol. The molecule has 0 bridgehead atoms. The first-order chi connectivity index (χ1) is 14.5. The highest BCUT2D eigenvalue weighted by Gasteiger charge is 2.18. The van der Waals surface area contributed by atoms with Gasteiger partial charge in [0.05, 0.1) is 35.7 Å². The van der Waals surface area contributed by atoms with Crippen LogP contribution in [0.15, 0.2) is 24.5 Å². The number of allylic oxidation sites excluding steroid dienone is 1. The van der Waals surface area contributed by atoms with E-state index in [1.165, 1.54) is 6.20 Å². The van der Waals surface area contributed by atoms with E-state index in [1.54, 1.807) is 12.3 Å². The van der Waals surface area contributed by atoms with Gasteiger partial charge in [-0.25, -0.2) is 4.98 Å². The Bertz CT molecular complexity index is 936. The van der Waals surface area contributed by atoms with E-state index in [0.717, 1.165) is 39.1 Å². The number of nitrogens with zero attached hydrogens (tertiary/aromatic N) is 3. The first kappa shape index (κ1) is 21.7. The zero-order chi connectivity index (χ0) is 21.5. The molecule has 9 heteroatoms. The number of nitrogens with two attached hydrogens (primary N) is 1. The largest absolute Gasteiger partial charge is 0.404 e. The van der Waals surface area contributed by atoms with Crippen LogP contribution < -0.4 is 16.4 Å². The number of fused-ring (bicyclic) bond motifs is 1. The first-order valence-electron chi connectivity index (χ1n) is 10.1. The third kappa shape index (κ3) is 5.11. The fraction of sp³-hybridized carbons (Fsp3) is 0.429. The fourth-order valence-corrected chi connectivity index (χ4v) is 3.29. The number of carbonyl (C=O) groups excluding carboxylic acids is 1. The quantitative estimate of drug-likeness (QED) is 0.484. The van der Waals surface area contributed by atoms with E-state index >= 15 is 0 Å². The molecule has 2 aromatic rings. The second-order valence-corrected chi connectivity index (χ2v) is 7.39. The number of morpholine rings is 1. The van der Waals surface area contributed by atoms with Crippen molar-refractivity contribution in [3.63, 3.8) is 0 Å². The summed E-state index contributed by atoms with van der Waals surface area (Å²) in [4.78, 5) is 24.3. The molecule has 0 unspecified atom stereocenters. The Morgan fingerprint density at radius 1 is 1.37 bits per heavy atom. The SMILES string of the molecule is CC(C)Nc1c(C(=O)NCCN2CCOCC2)cnc2ccc(/C(C=N)=C/N)nc12. The third-order valence-electron chi connectivity index (χ3n) is 4.84. The molecule has 0 aliphatic carbocycles. The molecule has 2 aromatic heterocycles. The van der Waals surface area contributed by atoms with Gasteiger partial charge in [-0.15, -0.1) is 0 Å². The van der Waals surface area contributed by atoms with Crippen molar-refractivity contribution in [2.24, 2.45) is 5.73 Å². The summed E-state index contributed by atoms with van der Waals surface area (Å²) < 4.78 is 5.35. The van der Waals surface area contributed by atoms with E-state index in [4.69, 9.17) is 15.9 Å². The van der Waals surface area contributed by atoms with Crippen LogP contribution in [0.3, 0.4) is 0 Å². The van der Waals surface area contributed by atoms with Crippen molar-refractivity contribution in [1.82, 2.24) is 20.2 Å². The van der Waals surface area contributed by atoms with E-state index < -0.39 is 0 Å². The summed E-state index contributed by atoms with van der Waals surface area (Å²) in [7, 11) is 0. The molecule has 5 N–H and O–H groups in total. The Labute approximate surface area is 176 Å². The predicted octanol–water partition coefficient (Wildman–Crippen LogP) is 1.46. The molecule has 3 heterocycles. The Kier molecular flexibility index (Phi) is 7.31. The number of nitrogens with one attached hydrogen (secondary N) is 3. The van der Waals surface area contributed by atoms with Crippen LogP contribution >= 0.6 is 0 Å². The maximum absolute atomic E-state index is 12.9. The molecule has 9 nitrogen and oxygen atoms in total. The average molecular weight is 412 g/mol. The number of aromatic nitrogens is 2. The number of ether oxygens (including phenoxy) is 1. The maximum Gasteiger partial charge on any atom is 0.255 e. The summed E-state index contributed by atoms with van der Waals surface area (Å²) in [5.74, 6) is -0.199. The van der Waals surface area contributed by atoms with Crippen molar-refractivity contribution in [3.8, 4) is 0 Å². The predicted molar refractivity (Wildman–Crippen MR) is 119 cm³/mol. The van der Waals surface area contributed by atoms with Crippen LogP contribution in [-0.2, 0) is 4.74 Å². The molecule has 160 valence electrons. The van der Waals surface area contributed by atoms with Crippen LogP contribution in [0.25, 0.3) is 16.6 Å². The topological polar surface area (TPSA) is 129 Å². The van der Waals surface area contributed by atoms with Crippen molar-refractivity contribution < 1.29 is 9.53 Å².